The van der Waals surface area contributed by atoms with Gasteiger partial charge < -0.3 is 10.2 Å². The van der Waals surface area contributed by atoms with Crippen molar-refractivity contribution in [3.05, 3.63) is 35.9 Å². The van der Waals surface area contributed by atoms with E-state index in [0.29, 0.717) is 19.0 Å². The number of amides is 2. The van der Waals surface area contributed by atoms with Gasteiger partial charge in [0.2, 0.25) is 5.91 Å². The molecule has 142 valence electrons. The van der Waals surface area contributed by atoms with Gasteiger partial charge >= 0.3 is 0 Å². The van der Waals surface area contributed by atoms with Gasteiger partial charge in [0.25, 0.3) is 5.91 Å². The predicted molar refractivity (Wildman–Crippen MR) is 103 cm³/mol. The number of hydrogen-bond donors (Lipinski definition) is 1. The molecule has 1 atom stereocenters. The number of piperidine rings is 1. The molecule has 3 rings (SSSR count). The summed E-state index contributed by atoms with van der Waals surface area (Å²) in [6.45, 7) is 4.30. The Morgan fingerprint density at radius 3 is 2.50 bits per heavy atom. The zero-order valence-electron chi connectivity index (χ0n) is 15.7. The van der Waals surface area contributed by atoms with Crippen LogP contribution in [-0.4, -0.2) is 60.4 Å². The van der Waals surface area contributed by atoms with Crippen LogP contribution in [0.2, 0.25) is 0 Å². The van der Waals surface area contributed by atoms with E-state index in [9.17, 15) is 9.59 Å². The van der Waals surface area contributed by atoms with Crippen LogP contribution in [0, 0.1) is 0 Å². The highest BCUT2D eigenvalue weighted by Crippen LogP contribution is 2.20. The molecule has 0 radical (unpaired) electrons. The van der Waals surface area contributed by atoms with E-state index >= 15 is 0 Å². The quantitative estimate of drug-likeness (QED) is 0.841. The number of carbonyl (C=O) groups is 2. The lowest BCUT2D eigenvalue weighted by molar-refractivity contribution is -0.122. The molecule has 0 aliphatic carbocycles. The highest BCUT2D eigenvalue weighted by atomic mass is 16.2. The predicted octanol–water partition coefficient (Wildman–Crippen LogP) is 2.67. The SMILES string of the molecule is O=C1CC2CCCCN2CCCN(C(=O)c2ccccc2)CCCCN1. The second-order valence-electron chi connectivity index (χ2n) is 7.46. The average molecular weight is 357 g/mol. The Bertz CT molecular complexity index is 590. The number of nitrogens with zero attached hydrogens (tertiary/aromatic N) is 2. The summed E-state index contributed by atoms with van der Waals surface area (Å²) in [4.78, 5) is 29.5. The maximum Gasteiger partial charge on any atom is 0.253 e. The van der Waals surface area contributed by atoms with Gasteiger partial charge in [0.05, 0.1) is 0 Å². The zero-order valence-corrected chi connectivity index (χ0v) is 15.7. The normalized spacial score (nSPS) is 23.8. The molecule has 2 saturated heterocycles. The molecule has 0 aromatic heterocycles. The van der Waals surface area contributed by atoms with Crippen molar-refractivity contribution in [3.8, 4) is 0 Å². The van der Waals surface area contributed by atoms with Gasteiger partial charge in [-0.15, -0.1) is 0 Å². The number of carbonyl (C=O) groups excluding carboxylic acids is 2. The van der Waals surface area contributed by atoms with E-state index in [1.165, 1.54) is 12.8 Å². The first kappa shape index (κ1) is 18.9. The highest BCUT2D eigenvalue weighted by Gasteiger charge is 2.25. The summed E-state index contributed by atoms with van der Waals surface area (Å²) in [5, 5.41) is 3.06. The molecule has 26 heavy (non-hydrogen) atoms. The van der Waals surface area contributed by atoms with E-state index in [-0.39, 0.29) is 11.8 Å². The molecule has 1 unspecified atom stereocenters. The van der Waals surface area contributed by atoms with Crippen molar-refractivity contribution in [2.75, 3.05) is 32.7 Å². The topological polar surface area (TPSA) is 52.7 Å². The smallest absolute Gasteiger partial charge is 0.253 e. The van der Waals surface area contributed by atoms with Gasteiger partial charge in [-0.05, 0) is 50.8 Å². The molecule has 1 aromatic carbocycles. The monoisotopic (exact) mass is 357 g/mol. The Hall–Kier alpha value is -1.88. The molecule has 2 aliphatic heterocycles. The molecule has 0 bridgehead atoms. The van der Waals surface area contributed by atoms with Crippen LogP contribution >= 0.6 is 0 Å². The van der Waals surface area contributed by atoms with E-state index in [2.05, 4.69) is 10.2 Å². The lowest BCUT2D eigenvalue weighted by atomic mass is 9.98. The molecule has 5 nitrogen and oxygen atoms in total. The van der Waals surface area contributed by atoms with Gasteiger partial charge in [0.15, 0.2) is 0 Å². The molecule has 1 aromatic rings. The van der Waals surface area contributed by atoms with Crippen molar-refractivity contribution < 1.29 is 9.59 Å². The van der Waals surface area contributed by atoms with Gasteiger partial charge in [-0.1, -0.05) is 24.6 Å². The van der Waals surface area contributed by atoms with Crippen LogP contribution in [0.1, 0.15) is 55.3 Å². The Labute approximate surface area is 156 Å². The lowest BCUT2D eigenvalue weighted by Crippen LogP contribution is -2.44. The molecule has 2 heterocycles. The minimum atomic E-state index is 0.125. The fourth-order valence-electron chi connectivity index (χ4n) is 4.07. The minimum Gasteiger partial charge on any atom is -0.356 e. The molecule has 0 spiro atoms. The van der Waals surface area contributed by atoms with Crippen molar-refractivity contribution >= 4 is 11.8 Å². The van der Waals surface area contributed by atoms with Crippen LogP contribution in [0.15, 0.2) is 30.3 Å². The molecule has 1 N–H and O–H groups in total. The van der Waals surface area contributed by atoms with Crippen molar-refractivity contribution in [2.24, 2.45) is 0 Å². The number of benzene rings is 1. The number of rotatable bonds is 1. The van der Waals surface area contributed by atoms with E-state index in [1.807, 2.05) is 35.2 Å². The zero-order chi connectivity index (χ0) is 18.2. The van der Waals surface area contributed by atoms with E-state index in [4.69, 9.17) is 0 Å². The third kappa shape index (κ3) is 5.31. The van der Waals surface area contributed by atoms with Gasteiger partial charge in [-0.2, -0.15) is 0 Å². The van der Waals surface area contributed by atoms with Crippen LogP contribution < -0.4 is 5.32 Å². The lowest BCUT2D eigenvalue weighted by Gasteiger charge is -2.35. The van der Waals surface area contributed by atoms with Crippen LogP contribution in [0.4, 0.5) is 0 Å². The summed E-state index contributed by atoms with van der Waals surface area (Å²) in [5.41, 5.74) is 0.765. The third-order valence-corrected chi connectivity index (χ3v) is 5.53. The van der Waals surface area contributed by atoms with E-state index in [0.717, 1.165) is 57.4 Å². The maximum atomic E-state index is 12.9. The van der Waals surface area contributed by atoms with Gasteiger partial charge in [-0.25, -0.2) is 0 Å². The summed E-state index contributed by atoms with van der Waals surface area (Å²) in [7, 11) is 0. The molecule has 5 heteroatoms. The molecular weight excluding hydrogens is 326 g/mol. The fourth-order valence-corrected chi connectivity index (χ4v) is 4.07. The molecule has 2 amide bonds. The van der Waals surface area contributed by atoms with Gasteiger partial charge in [0.1, 0.15) is 0 Å². The molecule has 2 fully saturated rings. The Kier molecular flexibility index (Phi) is 7.06. The van der Waals surface area contributed by atoms with Crippen molar-refractivity contribution in [3.63, 3.8) is 0 Å². The first-order valence-corrected chi connectivity index (χ1v) is 10.1. The van der Waals surface area contributed by atoms with Crippen molar-refractivity contribution in [2.45, 2.75) is 51.0 Å². The van der Waals surface area contributed by atoms with Crippen LogP contribution in [-0.2, 0) is 4.79 Å². The van der Waals surface area contributed by atoms with Crippen molar-refractivity contribution in [1.29, 1.82) is 0 Å². The minimum absolute atomic E-state index is 0.125. The second kappa shape index (κ2) is 9.72. The number of fused-ring (bicyclic) bond motifs is 1. The van der Waals surface area contributed by atoms with Crippen LogP contribution in [0.3, 0.4) is 0 Å². The fraction of sp³-hybridized carbons (Fsp3) is 0.619. The van der Waals surface area contributed by atoms with E-state index < -0.39 is 0 Å². The molecule has 0 saturated carbocycles. The Morgan fingerprint density at radius 1 is 0.923 bits per heavy atom. The maximum absolute atomic E-state index is 12.9. The largest absolute Gasteiger partial charge is 0.356 e. The summed E-state index contributed by atoms with van der Waals surface area (Å²) < 4.78 is 0. The standard InChI is InChI=1S/C21H31N3O2/c25-20-17-19-11-4-6-13-23(19)15-8-16-24(14-7-5-12-22-20)21(26)18-9-2-1-3-10-18/h1-3,9-10,19H,4-8,11-17H2,(H,22,25). The molecular formula is C21H31N3O2. The Morgan fingerprint density at radius 2 is 1.65 bits per heavy atom. The Balaban J connectivity index is 1.65. The summed E-state index contributed by atoms with van der Waals surface area (Å²) >= 11 is 0. The highest BCUT2D eigenvalue weighted by molar-refractivity contribution is 5.94. The number of hydrogen-bond acceptors (Lipinski definition) is 3. The van der Waals surface area contributed by atoms with E-state index in [1.54, 1.807) is 0 Å². The van der Waals surface area contributed by atoms with Crippen LogP contribution in [0.5, 0.6) is 0 Å². The second-order valence-corrected chi connectivity index (χ2v) is 7.46. The summed E-state index contributed by atoms with van der Waals surface area (Å²) in [6.07, 6.45) is 6.96. The van der Waals surface area contributed by atoms with Crippen molar-refractivity contribution in [1.82, 2.24) is 15.1 Å². The van der Waals surface area contributed by atoms with Gasteiger partial charge in [0, 0.05) is 44.2 Å². The van der Waals surface area contributed by atoms with Gasteiger partial charge in [-0.3, -0.25) is 14.5 Å². The third-order valence-electron chi connectivity index (χ3n) is 5.53. The first-order valence-electron chi connectivity index (χ1n) is 10.1. The van der Waals surface area contributed by atoms with Crippen LogP contribution in [0.25, 0.3) is 0 Å². The first-order chi connectivity index (χ1) is 12.7. The number of nitrogens with one attached hydrogen (secondary N) is 1. The summed E-state index contributed by atoms with van der Waals surface area (Å²) in [5.74, 6) is 0.304. The summed E-state index contributed by atoms with van der Waals surface area (Å²) in [6, 6.07) is 9.93. The molecule has 2 aliphatic rings. The average Bonchev–Trinajstić information content (AvgIpc) is 2.68.